The molecular weight excluding hydrogens is 198 g/mol. The summed E-state index contributed by atoms with van der Waals surface area (Å²) < 4.78 is 0. The van der Waals surface area contributed by atoms with E-state index in [9.17, 15) is 4.79 Å². The molecule has 4 saturated carbocycles. The summed E-state index contributed by atoms with van der Waals surface area (Å²) in [6, 6.07) is 0.314. The molecule has 4 aliphatic rings. The van der Waals surface area contributed by atoms with E-state index in [1.165, 1.54) is 38.5 Å². The zero-order valence-electron chi connectivity index (χ0n) is 10.4. The first-order valence-corrected chi connectivity index (χ1v) is 6.80. The second-order valence-corrected chi connectivity index (χ2v) is 6.70. The minimum Gasteiger partial charge on any atom is -0.326 e. The van der Waals surface area contributed by atoms with Gasteiger partial charge in [-0.15, -0.1) is 0 Å². The van der Waals surface area contributed by atoms with Crippen LogP contribution in [0.5, 0.6) is 0 Å². The van der Waals surface area contributed by atoms with E-state index in [1.54, 1.807) is 0 Å². The Labute approximate surface area is 98.4 Å². The fourth-order valence-electron chi connectivity index (χ4n) is 5.11. The van der Waals surface area contributed by atoms with Gasteiger partial charge in [0.25, 0.3) is 0 Å². The van der Waals surface area contributed by atoms with E-state index >= 15 is 0 Å². The standard InChI is InChI=1S/C14H22NO/c1-10(2)15(9-16)14-6-11-3-12(7-14)5-13(4-11)8-14/h10-13H,3-8H2,1-2H3. The van der Waals surface area contributed by atoms with Crippen LogP contribution in [0.15, 0.2) is 0 Å². The van der Waals surface area contributed by atoms with E-state index in [-0.39, 0.29) is 5.54 Å². The summed E-state index contributed by atoms with van der Waals surface area (Å²) in [5.41, 5.74) is 0.199. The van der Waals surface area contributed by atoms with Crippen LogP contribution in [-0.4, -0.2) is 22.9 Å². The summed E-state index contributed by atoms with van der Waals surface area (Å²) >= 11 is 0. The molecular formula is C14H22NO. The maximum absolute atomic E-state index is 11.3. The Hall–Kier alpha value is -0.530. The molecule has 2 nitrogen and oxygen atoms in total. The third-order valence-corrected chi connectivity index (χ3v) is 5.13. The Morgan fingerprint density at radius 2 is 1.50 bits per heavy atom. The first-order valence-electron chi connectivity index (χ1n) is 6.80. The summed E-state index contributed by atoms with van der Waals surface area (Å²) in [6.07, 6.45) is 10.3. The van der Waals surface area contributed by atoms with E-state index in [0.717, 1.165) is 17.8 Å². The van der Waals surface area contributed by atoms with Crippen molar-refractivity contribution in [3.63, 3.8) is 0 Å². The Morgan fingerprint density at radius 1 is 1.06 bits per heavy atom. The van der Waals surface area contributed by atoms with Gasteiger partial charge in [-0.05, 0) is 70.1 Å². The van der Waals surface area contributed by atoms with Crippen molar-refractivity contribution in [3.8, 4) is 0 Å². The smallest absolute Gasteiger partial charge is 0.312 e. The monoisotopic (exact) mass is 220 g/mol. The Kier molecular flexibility index (Phi) is 2.31. The van der Waals surface area contributed by atoms with E-state index in [2.05, 4.69) is 20.3 Å². The molecule has 0 aromatic heterocycles. The molecule has 4 rings (SSSR count). The summed E-state index contributed by atoms with van der Waals surface area (Å²) in [7, 11) is 0. The molecule has 0 unspecified atom stereocenters. The molecule has 2 heteroatoms. The van der Waals surface area contributed by atoms with Crippen LogP contribution in [0, 0.1) is 17.8 Å². The van der Waals surface area contributed by atoms with Gasteiger partial charge in [-0.3, -0.25) is 4.79 Å². The van der Waals surface area contributed by atoms with Crippen LogP contribution in [0.25, 0.3) is 0 Å². The third kappa shape index (κ3) is 1.42. The van der Waals surface area contributed by atoms with Crippen LogP contribution in [0.3, 0.4) is 0 Å². The maximum atomic E-state index is 11.3. The topological polar surface area (TPSA) is 20.3 Å². The maximum Gasteiger partial charge on any atom is 0.312 e. The quantitative estimate of drug-likeness (QED) is 0.670. The fraction of sp³-hybridized carbons (Fsp3) is 0.929. The summed E-state index contributed by atoms with van der Waals surface area (Å²) in [5, 5.41) is 0. The van der Waals surface area contributed by atoms with E-state index in [0.29, 0.717) is 6.04 Å². The molecule has 1 amide bonds. The van der Waals surface area contributed by atoms with Crippen molar-refractivity contribution in [2.75, 3.05) is 0 Å². The van der Waals surface area contributed by atoms with Gasteiger partial charge in [-0.25, -0.2) is 0 Å². The number of hydrogen-bond donors (Lipinski definition) is 0. The highest BCUT2D eigenvalue weighted by atomic mass is 16.1. The normalized spacial score (nSPS) is 45.1. The third-order valence-electron chi connectivity index (χ3n) is 5.13. The van der Waals surface area contributed by atoms with Crippen molar-refractivity contribution in [1.82, 2.24) is 4.90 Å². The molecule has 4 fully saturated rings. The molecule has 0 aromatic carbocycles. The van der Waals surface area contributed by atoms with Gasteiger partial charge >= 0.3 is 6.41 Å². The van der Waals surface area contributed by atoms with Gasteiger partial charge < -0.3 is 4.90 Å². The lowest BCUT2D eigenvalue weighted by molar-refractivity contribution is -0.0711. The predicted octanol–water partition coefficient (Wildman–Crippen LogP) is 2.73. The molecule has 1 radical (unpaired) electrons. The fourth-order valence-corrected chi connectivity index (χ4v) is 5.11. The highest BCUT2D eigenvalue weighted by molar-refractivity contribution is 5.51. The zero-order valence-corrected chi connectivity index (χ0v) is 10.4. The second-order valence-electron chi connectivity index (χ2n) is 6.70. The number of hydrogen-bond acceptors (Lipinski definition) is 1. The minimum absolute atomic E-state index is 0.199. The van der Waals surface area contributed by atoms with E-state index < -0.39 is 0 Å². The molecule has 4 aliphatic carbocycles. The predicted molar refractivity (Wildman–Crippen MR) is 63.6 cm³/mol. The van der Waals surface area contributed by atoms with Crippen LogP contribution in [0.1, 0.15) is 52.4 Å². The summed E-state index contributed by atoms with van der Waals surface area (Å²) in [6.45, 7) is 4.26. The molecule has 0 saturated heterocycles. The molecule has 4 bridgehead atoms. The number of rotatable bonds is 3. The molecule has 0 aromatic rings. The average Bonchev–Trinajstić information content (AvgIpc) is 2.14. The largest absolute Gasteiger partial charge is 0.326 e. The lowest BCUT2D eigenvalue weighted by Gasteiger charge is -2.60. The molecule has 16 heavy (non-hydrogen) atoms. The van der Waals surface area contributed by atoms with Gasteiger partial charge in [-0.1, -0.05) is 0 Å². The van der Waals surface area contributed by atoms with Crippen LogP contribution in [-0.2, 0) is 4.79 Å². The Bertz CT molecular complexity index is 262. The first-order chi connectivity index (χ1) is 7.63. The van der Waals surface area contributed by atoms with Gasteiger partial charge in [0.2, 0.25) is 0 Å². The van der Waals surface area contributed by atoms with Gasteiger partial charge in [0.15, 0.2) is 0 Å². The molecule has 0 heterocycles. The first kappa shape index (κ1) is 10.6. The lowest BCUT2D eigenvalue weighted by atomic mass is 9.52. The number of amides is 1. The van der Waals surface area contributed by atoms with Crippen LogP contribution in [0.4, 0.5) is 0 Å². The summed E-state index contributed by atoms with van der Waals surface area (Å²) in [4.78, 5) is 13.3. The Balaban J connectivity index is 1.90. The van der Waals surface area contributed by atoms with Crippen molar-refractivity contribution >= 4 is 6.41 Å². The highest BCUT2D eigenvalue weighted by Crippen LogP contribution is 2.57. The zero-order chi connectivity index (χ0) is 11.3. The SMILES string of the molecule is CC(C)N([C]=O)C12CC3CC(CC(C3)C1)C2. The van der Waals surface area contributed by atoms with Crippen molar-refractivity contribution < 1.29 is 4.79 Å². The van der Waals surface area contributed by atoms with Gasteiger partial charge in [-0.2, -0.15) is 0 Å². The van der Waals surface area contributed by atoms with E-state index in [1.807, 2.05) is 4.90 Å². The number of carbonyl (C=O) groups excluding carboxylic acids is 1. The lowest BCUT2D eigenvalue weighted by Crippen LogP contribution is -2.61. The van der Waals surface area contributed by atoms with Crippen LogP contribution >= 0.6 is 0 Å². The molecule has 0 N–H and O–H groups in total. The van der Waals surface area contributed by atoms with Crippen molar-refractivity contribution in [3.05, 3.63) is 0 Å². The molecule has 0 spiro atoms. The van der Waals surface area contributed by atoms with Gasteiger partial charge in [0, 0.05) is 11.6 Å². The molecule has 0 aliphatic heterocycles. The van der Waals surface area contributed by atoms with E-state index in [4.69, 9.17) is 0 Å². The van der Waals surface area contributed by atoms with Crippen molar-refractivity contribution in [2.24, 2.45) is 17.8 Å². The van der Waals surface area contributed by atoms with Crippen LogP contribution in [0.2, 0.25) is 0 Å². The number of nitrogens with zero attached hydrogens (tertiary/aromatic N) is 1. The average molecular weight is 220 g/mol. The van der Waals surface area contributed by atoms with Gasteiger partial charge in [0.05, 0.1) is 0 Å². The highest BCUT2D eigenvalue weighted by Gasteiger charge is 2.54. The van der Waals surface area contributed by atoms with Crippen molar-refractivity contribution in [2.45, 2.75) is 64.0 Å². The molecule has 89 valence electrons. The molecule has 0 atom stereocenters. The van der Waals surface area contributed by atoms with Crippen LogP contribution < -0.4 is 0 Å². The minimum atomic E-state index is 0.199. The Morgan fingerprint density at radius 3 is 1.81 bits per heavy atom. The second kappa shape index (κ2) is 3.48. The van der Waals surface area contributed by atoms with Crippen molar-refractivity contribution in [1.29, 1.82) is 0 Å². The van der Waals surface area contributed by atoms with Gasteiger partial charge in [0.1, 0.15) is 0 Å². The summed E-state index contributed by atoms with van der Waals surface area (Å²) in [5.74, 6) is 2.71.